The molecule has 0 unspecified atom stereocenters. The zero-order valence-corrected chi connectivity index (χ0v) is 13.0. The minimum absolute atomic E-state index is 0.190. The fourth-order valence-electron chi connectivity index (χ4n) is 2.17. The van der Waals surface area contributed by atoms with Crippen LogP contribution >= 0.6 is 15.9 Å². The van der Waals surface area contributed by atoms with Gasteiger partial charge in [-0.2, -0.15) is 0 Å². The van der Waals surface area contributed by atoms with Crippen molar-refractivity contribution in [3.05, 3.63) is 34.3 Å². The van der Waals surface area contributed by atoms with E-state index in [1.807, 2.05) is 0 Å². The maximum Gasteiger partial charge on any atom is 0.127 e. The number of aldehydes is 1. The van der Waals surface area contributed by atoms with E-state index in [0.717, 1.165) is 36.7 Å². The van der Waals surface area contributed by atoms with Crippen molar-refractivity contribution < 1.29 is 4.79 Å². The molecule has 0 fully saturated rings. The molecule has 0 aromatic heterocycles. The third-order valence-electron chi connectivity index (χ3n) is 3.61. The van der Waals surface area contributed by atoms with Crippen LogP contribution in [0.3, 0.4) is 0 Å². The molecule has 1 rings (SSSR count). The summed E-state index contributed by atoms with van der Waals surface area (Å²) in [6.07, 6.45) is 2.93. The lowest BCUT2D eigenvalue weighted by Gasteiger charge is -2.30. The fourth-order valence-corrected chi connectivity index (χ4v) is 2.44. The van der Waals surface area contributed by atoms with E-state index < -0.39 is 0 Å². The molecule has 0 atom stereocenters. The Labute approximate surface area is 119 Å². The van der Waals surface area contributed by atoms with E-state index in [4.69, 9.17) is 0 Å². The van der Waals surface area contributed by atoms with Gasteiger partial charge in [-0.05, 0) is 37.6 Å². The van der Waals surface area contributed by atoms with Crippen LogP contribution in [0.25, 0.3) is 0 Å². The highest BCUT2D eigenvalue weighted by atomic mass is 79.9. The molecule has 18 heavy (non-hydrogen) atoms. The highest BCUT2D eigenvalue weighted by Gasteiger charge is 2.26. The summed E-state index contributed by atoms with van der Waals surface area (Å²) >= 11 is 3.43. The predicted octanol–water partition coefficient (Wildman–Crippen LogP) is 3.89. The summed E-state index contributed by atoms with van der Waals surface area (Å²) in [5.41, 5.74) is 1.08. The molecular weight excluding hydrogens is 290 g/mol. The first-order chi connectivity index (χ1) is 8.55. The molecule has 0 spiro atoms. The first-order valence-corrected chi connectivity index (χ1v) is 7.24. The normalized spacial score (nSPS) is 11.8. The van der Waals surface area contributed by atoms with Gasteiger partial charge in [-0.3, -0.25) is 0 Å². The van der Waals surface area contributed by atoms with Crippen LogP contribution in [-0.2, 0) is 11.3 Å². The molecule has 0 amide bonds. The quantitative estimate of drug-likeness (QED) is 0.712. The molecule has 0 aliphatic heterocycles. The van der Waals surface area contributed by atoms with Crippen LogP contribution in [0.2, 0.25) is 0 Å². The summed E-state index contributed by atoms with van der Waals surface area (Å²) in [5.74, 6) is 0. The van der Waals surface area contributed by atoms with E-state index in [1.54, 1.807) is 0 Å². The van der Waals surface area contributed by atoms with E-state index in [-0.39, 0.29) is 5.41 Å². The van der Waals surface area contributed by atoms with Gasteiger partial charge < -0.3 is 9.69 Å². The molecule has 0 heterocycles. The number of benzene rings is 1. The van der Waals surface area contributed by atoms with Crippen molar-refractivity contribution >= 4 is 22.2 Å². The first kappa shape index (κ1) is 15.4. The Hall–Kier alpha value is -0.670. The number of halogens is 1. The fraction of sp³-hybridized carbons (Fsp3) is 0.533. The number of hydrogen-bond acceptors (Lipinski definition) is 2. The van der Waals surface area contributed by atoms with Crippen LogP contribution in [0.15, 0.2) is 28.7 Å². The Kier molecular flexibility index (Phi) is 6.03. The first-order valence-electron chi connectivity index (χ1n) is 6.44. The number of hydrogen-bond donors (Lipinski definition) is 0. The van der Waals surface area contributed by atoms with Gasteiger partial charge in [0.05, 0.1) is 0 Å². The van der Waals surface area contributed by atoms with Crippen LogP contribution in [0.4, 0.5) is 0 Å². The van der Waals surface area contributed by atoms with Gasteiger partial charge in [-0.25, -0.2) is 0 Å². The van der Waals surface area contributed by atoms with Gasteiger partial charge in [0.1, 0.15) is 6.29 Å². The summed E-state index contributed by atoms with van der Waals surface area (Å²) in [6, 6.07) is 8.33. The van der Waals surface area contributed by atoms with Gasteiger partial charge in [0.2, 0.25) is 0 Å². The molecule has 1 aromatic carbocycles. The average molecular weight is 312 g/mol. The van der Waals surface area contributed by atoms with Gasteiger partial charge in [-0.1, -0.05) is 41.9 Å². The van der Waals surface area contributed by atoms with Crippen molar-refractivity contribution in [2.45, 2.75) is 33.2 Å². The molecule has 0 N–H and O–H groups in total. The summed E-state index contributed by atoms with van der Waals surface area (Å²) < 4.78 is 1.10. The highest BCUT2D eigenvalue weighted by molar-refractivity contribution is 9.10. The average Bonchev–Trinajstić information content (AvgIpc) is 2.39. The second-order valence-corrected chi connectivity index (χ2v) is 5.90. The van der Waals surface area contributed by atoms with E-state index in [0.29, 0.717) is 0 Å². The Morgan fingerprint density at radius 2 is 1.78 bits per heavy atom. The number of carbonyl (C=O) groups excluding carboxylic acids is 1. The van der Waals surface area contributed by atoms with Crippen LogP contribution in [0.1, 0.15) is 32.3 Å². The molecule has 1 aromatic rings. The molecule has 0 bridgehead atoms. The van der Waals surface area contributed by atoms with Crippen LogP contribution in [-0.4, -0.2) is 24.8 Å². The number of carbonyl (C=O) groups is 1. The lowest BCUT2D eigenvalue weighted by atomic mass is 9.83. The van der Waals surface area contributed by atoms with Crippen molar-refractivity contribution in [3.8, 4) is 0 Å². The zero-order valence-electron chi connectivity index (χ0n) is 11.4. The lowest BCUT2D eigenvalue weighted by molar-refractivity contribution is -0.117. The Morgan fingerprint density at radius 1 is 1.22 bits per heavy atom. The third kappa shape index (κ3) is 4.21. The predicted molar refractivity (Wildman–Crippen MR) is 79.6 cm³/mol. The van der Waals surface area contributed by atoms with Crippen molar-refractivity contribution in [2.24, 2.45) is 5.41 Å². The minimum Gasteiger partial charge on any atom is -0.303 e. The molecule has 0 aliphatic carbocycles. The smallest absolute Gasteiger partial charge is 0.127 e. The van der Waals surface area contributed by atoms with Crippen molar-refractivity contribution in [1.82, 2.24) is 4.90 Å². The van der Waals surface area contributed by atoms with E-state index in [9.17, 15) is 4.79 Å². The van der Waals surface area contributed by atoms with Crippen LogP contribution < -0.4 is 0 Å². The Bertz CT molecular complexity index is 371. The van der Waals surface area contributed by atoms with E-state index >= 15 is 0 Å². The van der Waals surface area contributed by atoms with E-state index in [2.05, 4.69) is 66.0 Å². The van der Waals surface area contributed by atoms with E-state index in [1.165, 1.54) is 5.56 Å². The standard InChI is InChI=1S/C15H22BrNO/c1-4-15(5-2,12-18)11-17(3)10-13-6-8-14(16)9-7-13/h6-9,12H,4-5,10-11H2,1-3H3. The second-order valence-electron chi connectivity index (χ2n) is 4.99. The minimum atomic E-state index is -0.190. The Balaban J connectivity index is 2.62. The lowest BCUT2D eigenvalue weighted by Crippen LogP contribution is -2.35. The van der Waals surface area contributed by atoms with Crippen LogP contribution in [0.5, 0.6) is 0 Å². The molecule has 0 aliphatic rings. The molecule has 0 saturated carbocycles. The molecule has 0 saturated heterocycles. The molecular formula is C15H22BrNO. The maximum atomic E-state index is 11.3. The summed E-state index contributed by atoms with van der Waals surface area (Å²) in [6.45, 7) is 5.87. The van der Waals surface area contributed by atoms with Gasteiger partial charge in [0.25, 0.3) is 0 Å². The van der Waals surface area contributed by atoms with Gasteiger partial charge in [0, 0.05) is 23.0 Å². The van der Waals surface area contributed by atoms with Crippen molar-refractivity contribution in [1.29, 1.82) is 0 Å². The summed E-state index contributed by atoms with van der Waals surface area (Å²) in [4.78, 5) is 13.5. The number of rotatable bonds is 7. The van der Waals surface area contributed by atoms with Gasteiger partial charge in [-0.15, -0.1) is 0 Å². The molecule has 2 nitrogen and oxygen atoms in total. The van der Waals surface area contributed by atoms with Crippen molar-refractivity contribution in [2.75, 3.05) is 13.6 Å². The van der Waals surface area contributed by atoms with Gasteiger partial charge >= 0.3 is 0 Å². The molecule has 100 valence electrons. The third-order valence-corrected chi connectivity index (χ3v) is 4.14. The summed E-state index contributed by atoms with van der Waals surface area (Å²) in [5, 5.41) is 0. The Morgan fingerprint density at radius 3 is 2.22 bits per heavy atom. The second kappa shape index (κ2) is 7.05. The topological polar surface area (TPSA) is 20.3 Å². The largest absolute Gasteiger partial charge is 0.303 e. The monoisotopic (exact) mass is 311 g/mol. The summed E-state index contributed by atoms with van der Waals surface area (Å²) in [7, 11) is 2.08. The highest BCUT2D eigenvalue weighted by Crippen LogP contribution is 2.25. The molecule has 0 radical (unpaired) electrons. The van der Waals surface area contributed by atoms with Gasteiger partial charge in [0.15, 0.2) is 0 Å². The SMILES string of the molecule is CCC(C=O)(CC)CN(C)Cc1ccc(Br)cc1. The zero-order chi connectivity index (χ0) is 13.6. The molecule has 3 heteroatoms. The van der Waals surface area contributed by atoms with Crippen molar-refractivity contribution in [3.63, 3.8) is 0 Å². The maximum absolute atomic E-state index is 11.3. The number of nitrogens with zero attached hydrogens (tertiary/aromatic N) is 1. The van der Waals surface area contributed by atoms with Crippen LogP contribution in [0, 0.1) is 5.41 Å².